The SMILES string of the molecule is C.[Na].[Na].[Na].[Na]. The van der Waals surface area contributed by atoms with Gasteiger partial charge in [-0.25, -0.2) is 0 Å². The fourth-order valence-electron chi connectivity index (χ4n) is 0. The largest absolute Gasteiger partial charge is 0.0776 e. The van der Waals surface area contributed by atoms with Gasteiger partial charge < -0.3 is 0 Å². The quantitative estimate of drug-likeness (QED) is 0.353. The van der Waals surface area contributed by atoms with Crippen LogP contribution in [0, 0.1) is 0 Å². The summed E-state index contributed by atoms with van der Waals surface area (Å²) in [6, 6.07) is 0. The summed E-state index contributed by atoms with van der Waals surface area (Å²) in [5, 5.41) is 0. The van der Waals surface area contributed by atoms with Gasteiger partial charge in [-0.2, -0.15) is 0 Å². The van der Waals surface area contributed by atoms with E-state index in [1.165, 1.54) is 0 Å². The van der Waals surface area contributed by atoms with Crippen molar-refractivity contribution in [3.8, 4) is 0 Å². The minimum atomic E-state index is 0. The third kappa shape index (κ3) is 18.0. The molecule has 0 saturated heterocycles. The van der Waals surface area contributed by atoms with Gasteiger partial charge in [0.1, 0.15) is 0 Å². The van der Waals surface area contributed by atoms with Crippen molar-refractivity contribution >= 4 is 118 Å². The van der Waals surface area contributed by atoms with E-state index in [9.17, 15) is 0 Å². The monoisotopic (exact) mass is 108 g/mol. The first-order valence-corrected chi connectivity index (χ1v) is 0. The van der Waals surface area contributed by atoms with Crippen LogP contribution in [0.25, 0.3) is 0 Å². The molecular formula is CH4Na4. The molecule has 4 radical (unpaired) electrons. The molecule has 0 unspecified atom stereocenters. The second-order valence-corrected chi connectivity index (χ2v) is 0. The van der Waals surface area contributed by atoms with Gasteiger partial charge in [0.05, 0.1) is 0 Å². The molecule has 0 saturated carbocycles. The van der Waals surface area contributed by atoms with Gasteiger partial charge in [0.25, 0.3) is 0 Å². The van der Waals surface area contributed by atoms with Gasteiger partial charge in [-0.15, -0.1) is 0 Å². The summed E-state index contributed by atoms with van der Waals surface area (Å²) < 4.78 is 0. The van der Waals surface area contributed by atoms with Crippen LogP contribution in [0.4, 0.5) is 0 Å². The van der Waals surface area contributed by atoms with Gasteiger partial charge in [-0.1, -0.05) is 7.43 Å². The Morgan fingerprint density at radius 1 is 0.400 bits per heavy atom. The van der Waals surface area contributed by atoms with Crippen molar-refractivity contribution in [3.63, 3.8) is 0 Å². The van der Waals surface area contributed by atoms with Crippen molar-refractivity contribution in [2.75, 3.05) is 0 Å². The molecule has 0 atom stereocenters. The standard InChI is InChI=1S/CH4.4Na/h1H4;;;;. The van der Waals surface area contributed by atoms with Crippen LogP contribution in [-0.2, 0) is 0 Å². The van der Waals surface area contributed by atoms with Crippen molar-refractivity contribution in [2.45, 2.75) is 7.43 Å². The molecule has 0 aromatic rings. The maximum Gasteiger partial charge on any atom is 0 e. The van der Waals surface area contributed by atoms with Crippen LogP contribution in [0.2, 0.25) is 0 Å². The van der Waals surface area contributed by atoms with Gasteiger partial charge in [0.2, 0.25) is 0 Å². The van der Waals surface area contributed by atoms with E-state index in [4.69, 9.17) is 0 Å². The van der Waals surface area contributed by atoms with E-state index >= 15 is 0 Å². The molecule has 0 amide bonds. The van der Waals surface area contributed by atoms with E-state index in [2.05, 4.69) is 0 Å². The Morgan fingerprint density at radius 3 is 0.400 bits per heavy atom. The smallest absolute Gasteiger partial charge is 0 e. The molecule has 0 bridgehead atoms. The van der Waals surface area contributed by atoms with Gasteiger partial charge in [0, 0.05) is 118 Å². The van der Waals surface area contributed by atoms with Crippen LogP contribution in [0.5, 0.6) is 0 Å². The average molecular weight is 108 g/mol. The molecule has 0 aromatic heterocycles. The fraction of sp³-hybridized carbons (Fsp3) is 1.00. The van der Waals surface area contributed by atoms with Crippen LogP contribution in [0.15, 0.2) is 0 Å². The molecule has 5 heavy (non-hydrogen) atoms. The summed E-state index contributed by atoms with van der Waals surface area (Å²) in [4.78, 5) is 0. The zero-order valence-corrected chi connectivity index (χ0v) is 12.0. The molecule has 0 fully saturated rings. The Hall–Kier alpha value is 4.00. The van der Waals surface area contributed by atoms with Crippen molar-refractivity contribution in [1.82, 2.24) is 0 Å². The zero-order valence-electron chi connectivity index (χ0n) is 4.00. The molecule has 12 valence electrons. The summed E-state index contributed by atoms with van der Waals surface area (Å²) in [6.07, 6.45) is 0. The first-order valence-electron chi connectivity index (χ1n) is 0. The van der Waals surface area contributed by atoms with Gasteiger partial charge in [-0.05, 0) is 0 Å². The first-order chi connectivity index (χ1) is 0. The van der Waals surface area contributed by atoms with E-state index < -0.39 is 0 Å². The minimum absolute atomic E-state index is 0. The molecular weight excluding hydrogens is 104 g/mol. The molecule has 0 aliphatic rings. The molecule has 4 heteroatoms. The van der Waals surface area contributed by atoms with Gasteiger partial charge in [0.15, 0.2) is 0 Å². The van der Waals surface area contributed by atoms with E-state index in [1.807, 2.05) is 0 Å². The molecule has 0 aliphatic carbocycles. The zero-order chi connectivity index (χ0) is 0. The predicted octanol–water partition coefficient (Wildman–Crippen LogP) is -0.887. The normalized spacial score (nSPS) is 0. The van der Waals surface area contributed by atoms with Crippen LogP contribution in [0.3, 0.4) is 0 Å². The molecule has 0 spiro atoms. The minimum Gasteiger partial charge on any atom is -0.0776 e. The van der Waals surface area contributed by atoms with E-state index in [1.54, 1.807) is 0 Å². The Labute approximate surface area is 122 Å². The number of hydrogen-bond acceptors (Lipinski definition) is 0. The molecule has 0 aliphatic heterocycles. The van der Waals surface area contributed by atoms with E-state index in [0.717, 1.165) is 0 Å². The first kappa shape index (κ1) is 36.0. The van der Waals surface area contributed by atoms with Gasteiger partial charge in [-0.3, -0.25) is 0 Å². The van der Waals surface area contributed by atoms with Crippen molar-refractivity contribution < 1.29 is 0 Å². The molecule has 0 N–H and O–H groups in total. The van der Waals surface area contributed by atoms with Crippen LogP contribution < -0.4 is 0 Å². The maximum atomic E-state index is 0. The summed E-state index contributed by atoms with van der Waals surface area (Å²) >= 11 is 0. The maximum absolute atomic E-state index is 0. The predicted molar refractivity (Wildman–Crippen MR) is 29.7 cm³/mol. The van der Waals surface area contributed by atoms with Crippen molar-refractivity contribution in [1.29, 1.82) is 0 Å². The third-order valence-corrected chi connectivity index (χ3v) is 0. The van der Waals surface area contributed by atoms with Crippen molar-refractivity contribution in [2.24, 2.45) is 0 Å². The summed E-state index contributed by atoms with van der Waals surface area (Å²) in [6.45, 7) is 0. The summed E-state index contributed by atoms with van der Waals surface area (Å²) in [7, 11) is 0. The second kappa shape index (κ2) is 24.5. The number of hydrogen-bond donors (Lipinski definition) is 0. The third-order valence-electron chi connectivity index (χ3n) is 0. The van der Waals surface area contributed by atoms with Crippen molar-refractivity contribution in [3.05, 3.63) is 0 Å². The van der Waals surface area contributed by atoms with E-state index in [0.29, 0.717) is 0 Å². The number of rotatable bonds is 0. The van der Waals surface area contributed by atoms with Crippen LogP contribution in [0.1, 0.15) is 7.43 Å². The molecule has 0 rings (SSSR count). The average Bonchev–Trinajstić information content (AvgIpc) is 0. The Balaban J connectivity index is 0. The summed E-state index contributed by atoms with van der Waals surface area (Å²) in [5.41, 5.74) is 0. The Kier molecular flexibility index (Phi) is 176. The molecule has 0 heterocycles. The molecule has 0 nitrogen and oxygen atoms in total. The molecule has 0 aromatic carbocycles. The van der Waals surface area contributed by atoms with Crippen LogP contribution >= 0.6 is 0 Å². The summed E-state index contributed by atoms with van der Waals surface area (Å²) in [5.74, 6) is 0. The Bertz CT molecular complexity index is 3.61. The Morgan fingerprint density at radius 2 is 0.400 bits per heavy atom. The topological polar surface area (TPSA) is 0 Å². The van der Waals surface area contributed by atoms with Crippen LogP contribution in [-0.4, -0.2) is 118 Å². The fourth-order valence-corrected chi connectivity index (χ4v) is 0. The second-order valence-electron chi connectivity index (χ2n) is 0. The van der Waals surface area contributed by atoms with E-state index in [-0.39, 0.29) is 126 Å². The van der Waals surface area contributed by atoms with Gasteiger partial charge >= 0.3 is 0 Å².